The standard InChI is InChI=1S/C30H61F3O3Si/c1-4-6-8-10-12-14-15-16-17-18-19-20-21-22-24-26-28-35-37(34-3,36-30(31,32)33)29-27-25-23-13-11-9-7-5-2/h4-29H2,1-3H3. The van der Waals surface area contributed by atoms with Gasteiger partial charge in [-0.15, -0.1) is 13.2 Å². The van der Waals surface area contributed by atoms with Crippen molar-refractivity contribution in [2.45, 2.75) is 180 Å². The zero-order chi connectivity index (χ0) is 27.5. The molecular weight excluding hydrogens is 493 g/mol. The van der Waals surface area contributed by atoms with Gasteiger partial charge in [-0.3, -0.25) is 4.43 Å². The lowest BCUT2D eigenvalue weighted by Crippen LogP contribution is -2.48. The van der Waals surface area contributed by atoms with Gasteiger partial charge in [-0.1, -0.05) is 155 Å². The van der Waals surface area contributed by atoms with Crippen LogP contribution in [0, 0.1) is 0 Å². The topological polar surface area (TPSA) is 27.7 Å². The molecule has 0 spiro atoms. The first-order valence-corrected chi connectivity index (χ1v) is 17.8. The van der Waals surface area contributed by atoms with Crippen LogP contribution in [0.5, 0.6) is 0 Å². The molecule has 0 aliphatic heterocycles. The maximum absolute atomic E-state index is 13.1. The molecule has 224 valence electrons. The first-order valence-electron chi connectivity index (χ1n) is 15.8. The van der Waals surface area contributed by atoms with E-state index in [-0.39, 0.29) is 12.7 Å². The molecule has 7 heteroatoms. The van der Waals surface area contributed by atoms with E-state index in [4.69, 9.17) is 8.85 Å². The first-order chi connectivity index (χ1) is 17.9. The Morgan fingerprint density at radius 2 is 0.811 bits per heavy atom. The van der Waals surface area contributed by atoms with Crippen molar-refractivity contribution in [1.82, 2.24) is 0 Å². The highest BCUT2D eigenvalue weighted by Gasteiger charge is 2.49. The Kier molecular flexibility index (Phi) is 26.0. The molecule has 0 aromatic rings. The summed E-state index contributed by atoms with van der Waals surface area (Å²) in [5.41, 5.74) is 0. The Morgan fingerprint density at radius 1 is 0.486 bits per heavy atom. The third kappa shape index (κ3) is 25.9. The maximum Gasteiger partial charge on any atom is 0.516 e. The van der Waals surface area contributed by atoms with E-state index < -0.39 is 15.2 Å². The molecule has 0 rings (SSSR count). The Hall–Kier alpha value is -0.113. The van der Waals surface area contributed by atoms with E-state index in [9.17, 15) is 13.2 Å². The predicted molar refractivity (Wildman–Crippen MR) is 153 cm³/mol. The van der Waals surface area contributed by atoms with Crippen molar-refractivity contribution in [1.29, 1.82) is 0 Å². The van der Waals surface area contributed by atoms with Crippen molar-refractivity contribution < 1.29 is 26.4 Å². The van der Waals surface area contributed by atoms with Crippen LogP contribution >= 0.6 is 0 Å². The van der Waals surface area contributed by atoms with Gasteiger partial charge in [-0.25, -0.2) is 0 Å². The van der Waals surface area contributed by atoms with Crippen LogP contribution in [-0.4, -0.2) is 28.9 Å². The van der Waals surface area contributed by atoms with Gasteiger partial charge in [0.05, 0.1) is 0 Å². The van der Waals surface area contributed by atoms with Crippen molar-refractivity contribution in [3.05, 3.63) is 0 Å². The summed E-state index contributed by atoms with van der Waals surface area (Å²) in [6.45, 7) is 4.74. The van der Waals surface area contributed by atoms with E-state index in [1.807, 2.05) is 0 Å². The second kappa shape index (κ2) is 26.1. The van der Waals surface area contributed by atoms with E-state index in [0.29, 0.717) is 6.42 Å². The molecule has 1 unspecified atom stereocenters. The summed E-state index contributed by atoms with van der Waals surface area (Å²) in [6, 6.07) is 0.233. The molecule has 3 nitrogen and oxygen atoms in total. The Balaban J connectivity index is 3.85. The quantitative estimate of drug-likeness (QED) is 0.0679. The fourth-order valence-corrected chi connectivity index (χ4v) is 7.09. The van der Waals surface area contributed by atoms with Gasteiger partial charge in [0.2, 0.25) is 0 Å². The van der Waals surface area contributed by atoms with Crippen molar-refractivity contribution in [2.75, 3.05) is 13.7 Å². The predicted octanol–water partition coefficient (Wildman–Crippen LogP) is 11.5. The molecule has 1 atom stereocenters. The highest BCUT2D eigenvalue weighted by molar-refractivity contribution is 6.60. The summed E-state index contributed by atoms with van der Waals surface area (Å²) in [4.78, 5) is 0. The number of hydrogen-bond acceptors (Lipinski definition) is 3. The minimum atomic E-state index is -4.73. The van der Waals surface area contributed by atoms with E-state index in [0.717, 1.165) is 38.5 Å². The van der Waals surface area contributed by atoms with Gasteiger partial charge in [0.25, 0.3) is 0 Å². The van der Waals surface area contributed by atoms with Crippen molar-refractivity contribution in [3.8, 4) is 0 Å². The second-order valence-electron chi connectivity index (χ2n) is 10.8. The van der Waals surface area contributed by atoms with Crippen LogP contribution in [0.3, 0.4) is 0 Å². The van der Waals surface area contributed by atoms with E-state index in [2.05, 4.69) is 18.3 Å². The first kappa shape index (κ1) is 36.9. The Morgan fingerprint density at radius 3 is 1.14 bits per heavy atom. The lowest BCUT2D eigenvalue weighted by atomic mass is 10.0. The molecule has 0 aromatic heterocycles. The average molecular weight is 555 g/mol. The normalized spacial score (nSPS) is 13.8. The molecule has 0 bridgehead atoms. The molecule has 0 aromatic carbocycles. The lowest BCUT2D eigenvalue weighted by molar-refractivity contribution is -0.296. The molecule has 0 amide bonds. The average Bonchev–Trinajstić information content (AvgIpc) is 2.86. The second-order valence-corrected chi connectivity index (χ2v) is 13.6. The van der Waals surface area contributed by atoms with Gasteiger partial charge < -0.3 is 8.85 Å². The summed E-state index contributed by atoms with van der Waals surface area (Å²) in [5.74, 6) is 0. The van der Waals surface area contributed by atoms with Crippen molar-refractivity contribution in [2.24, 2.45) is 0 Å². The highest BCUT2D eigenvalue weighted by atomic mass is 28.4. The van der Waals surface area contributed by atoms with E-state index >= 15 is 0 Å². The summed E-state index contributed by atoms with van der Waals surface area (Å²) >= 11 is 0. The van der Waals surface area contributed by atoms with E-state index in [1.165, 1.54) is 116 Å². The SMILES string of the molecule is CCCCCCCCCCCCCCCCCCO[Si](CCCCCCCCCC)(OC)OC(F)(F)F. The largest absolute Gasteiger partial charge is 0.516 e. The number of rotatable bonds is 29. The number of hydrogen-bond donors (Lipinski definition) is 0. The van der Waals surface area contributed by atoms with Gasteiger partial charge in [0.15, 0.2) is 0 Å². The summed E-state index contributed by atoms with van der Waals surface area (Å²) in [6.07, 6.45) is 24.3. The Labute approximate surface area is 229 Å². The van der Waals surface area contributed by atoms with Crippen LogP contribution < -0.4 is 0 Å². The summed E-state index contributed by atoms with van der Waals surface area (Å²) in [7, 11) is -2.42. The number of halogens is 3. The van der Waals surface area contributed by atoms with Gasteiger partial charge in [-0.05, 0) is 12.8 Å². The molecule has 0 saturated carbocycles. The zero-order valence-corrected chi connectivity index (χ0v) is 25.7. The van der Waals surface area contributed by atoms with Crippen LogP contribution in [0.4, 0.5) is 13.2 Å². The van der Waals surface area contributed by atoms with Crippen LogP contribution in [-0.2, 0) is 13.3 Å². The minimum Gasteiger partial charge on any atom is -0.377 e. The molecule has 0 aliphatic carbocycles. The van der Waals surface area contributed by atoms with Gasteiger partial charge in [0.1, 0.15) is 0 Å². The van der Waals surface area contributed by atoms with Gasteiger partial charge in [-0.2, -0.15) is 0 Å². The molecular formula is C30H61F3O3Si. The number of alkyl halides is 3. The molecule has 0 heterocycles. The van der Waals surface area contributed by atoms with E-state index in [1.54, 1.807) is 0 Å². The molecule has 0 aliphatic rings. The van der Waals surface area contributed by atoms with Crippen molar-refractivity contribution in [3.63, 3.8) is 0 Å². The smallest absolute Gasteiger partial charge is 0.377 e. The van der Waals surface area contributed by atoms with Gasteiger partial charge >= 0.3 is 15.2 Å². The zero-order valence-electron chi connectivity index (χ0n) is 24.7. The monoisotopic (exact) mass is 554 g/mol. The van der Waals surface area contributed by atoms with Gasteiger partial charge in [0, 0.05) is 19.8 Å². The third-order valence-corrected chi connectivity index (χ3v) is 10.0. The van der Waals surface area contributed by atoms with Crippen LogP contribution in [0.1, 0.15) is 168 Å². The fraction of sp³-hybridized carbons (Fsp3) is 1.00. The lowest BCUT2D eigenvalue weighted by Gasteiger charge is -2.29. The minimum absolute atomic E-state index is 0.233. The third-order valence-electron chi connectivity index (χ3n) is 7.24. The maximum atomic E-state index is 13.1. The molecule has 0 fully saturated rings. The van der Waals surface area contributed by atoms with Crippen LogP contribution in [0.2, 0.25) is 6.04 Å². The molecule has 0 N–H and O–H groups in total. The Bertz CT molecular complexity index is 466. The summed E-state index contributed by atoms with van der Waals surface area (Å²) in [5, 5.41) is 0. The summed E-state index contributed by atoms with van der Waals surface area (Å²) < 4.78 is 54.6. The number of unbranched alkanes of at least 4 members (excludes halogenated alkanes) is 22. The van der Waals surface area contributed by atoms with Crippen molar-refractivity contribution >= 4 is 8.80 Å². The molecule has 37 heavy (non-hydrogen) atoms. The molecule has 0 saturated heterocycles. The van der Waals surface area contributed by atoms with Crippen LogP contribution in [0.25, 0.3) is 0 Å². The van der Waals surface area contributed by atoms with Crippen LogP contribution in [0.15, 0.2) is 0 Å². The highest BCUT2D eigenvalue weighted by Crippen LogP contribution is 2.29. The molecule has 0 radical (unpaired) electrons. The fourth-order valence-electron chi connectivity index (χ4n) is 4.88.